The monoisotopic (exact) mass is 921 g/mol. The predicted octanol–water partition coefficient (Wildman–Crippen LogP) is 17.1. The Balaban J connectivity index is 2.31. The van der Waals surface area contributed by atoms with E-state index in [1.807, 2.05) is 0 Å². The van der Waals surface area contributed by atoms with Gasteiger partial charge in [-0.05, 0) is 89.1 Å². The number of amides is 1. The molecule has 378 valence electrons. The summed E-state index contributed by atoms with van der Waals surface area (Å²) in [5, 5.41) is 0.237. The predicted molar refractivity (Wildman–Crippen MR) is 278 cm³/mol. The molecule has 1 aliphatic rings. The molecule has 0 unspecified atom stereocenters. The van der Waals surface area contributed by atoms with Gasteiger partial charge in [-0.25, -0.2) is 0 Å². The van der Waals surface area contributed by atoms with Crippen LogP contribution in [0.5, 0.6) is 0 Å². The van der Waals surface area contributed by atoms with Crippen LogP contribution in [0.25, 0.3) is 0 Å². The van der Waals surface area contributed by atoms with Crippen molar-refractivity contribution < 1.29 is 23.9 Å². The lowest BCUT2D eigenvalue weighted by atomic mass is 9.91. The van der Waals surface area contributed by atoms with E-state index in [0.29, 0.717) is 26.1 Å². The lowest BCUT2D eigenvalue weighted by Gasteiger charge is -2.27. The van der Waals surface area contributed by atoms with Crippen LogP contribution in [-0.2, 0) is 19.1 Å². The van der Waals surface area contributed by atoms with Crippen molar-refractivity contribution in [3.63, 3.8) is 0 Å². The highest BCUT2D eigenvalue weighted by Crippen LogP contribution is 2.25. The molecule has 1 saturated heterocycles. The number of unbranched alkanes of at least 4 members (excludes halogenated alkanes) is 20. The van der Waals surface area contributed by atoms with Crippen LogP contribution in [0.4, 0.5) is 4.79 Å². The van der Waals surface area contributed by atoms with E-state index in [2.05, 4.69) is 37.5 Å². The molecule has 0 aromatic heterocycles. The van der Waals surface area contributed by atoms with E-state index in [1.54, 1.807) is 0 Å². The topological polar surface area (TPSA) is 76.1 Å². The highest BCUT2D eigenvalue weighted by atomic mass is 32.2. The molecule has 0 saturated carbocycles. The molecule has 0 bridgehead atoms. The highest BCUT2D eigenvalue weighted by Gasteiger charge is 2.17. The molecule has 1 amide bonds. The molecule has 7 nitrogen and oxygen atoms in total. The minimum atomic E-state index is -0.0313. The van der Waals surface area contributed by atoms with Crippen molar-refractivity contribution in [3.05, 3.63) is 0 Å². The summed E-state index contributed by atoms with van der Waals surface area (Å²) >= 11 is 1.51. The Hall–Kier alpha value is -1.28. The molecule has 1 aliphatic heterocycles. The molecule has 1 rings (SSSR count). The van der Waals surface area contributed by atoms with Crippen LogP contribution in [0.3, 0.4) is 0 Å². The van der Waals surface area contributed by atoms with Crippen LogP contribution in [0, 0.1) is 11.8 Å². The first-order chi connectivity index (χ1) is 31.4. The summed E-state index contributed by atoms with van der Waals surface area (Å²) in [5.41, 5.74) is 0. The maximum Gasteiger partial charge on any atom is 0.305 e. The Bertz CT molecular complexity index is 953. The summed E-state index contributed by atoms with van der Waals surface area (Å²) in [6.45, 7) is 15.3. The molecular weight excluding hydrogens is 813 g/mol. The third-order valence-electron chi connectivity index (χ3n) is 13.9. The van der Waals surface area contributed by atoms with Gasteiger partial charge in [-0.2, -0.15) is 0 Å². The van der Waals surface area contributed by atoms with Gasteiger partial charge >= 0.3 is 11.9 Å². The first-order valence-electron chi connectivity index (χ1n) is 28.4. The Morgan fingerprint density at radius 3 is 1.22 bits per heavy atom. The minimum absolute atomic E-state index is 0.0313. The van der Waals surface area contributed by atoms with Crippen molar-refractivity contribution in [2.24, 2.45) is 11.8 Å². The van der Waals surface area contributed by atoms with E-state index in [4.69, 9.17) is 9.47 Å². The van der Waals surface area contributed by atoms with Crippen molar-refractivity contribution in [1.82, 2.24) is 9.80 Å². The lowest BCUT2D eigenvalue weighted by Crippen LogP contribution is -2.33. The average Bonchev–Trinajstić information content (AvgIpc) is 3.30. The van der Waals surface area contributed by atoms with Gasteiger partial charge in [0.05, 0.1) is 13.2 Å². The van der Waals surface area contributed by atoms with E-state index in [9.17, 15) is 14.4 Å². The molecule has 0 radical (unpaired) electrons. The molecule has 0 spiro atoms. The third-order valence-corrected chi connectivity index (χ3v) is 14.8. The van der Waals surface area contributed by atoms with E-state index in [1.165, 1.54) is 185 Å². The maximum absolute atomic E-state index is 13.4. The van der Waals surface area contributed by atoms with Gasteiger partial charge in [0.2, 0.25) is 0 Å². The van der Waals surface area contributed by atoms with E-state index in [0.717, 1.165) is 114 Å². The third kappa shape index (κ3) is 38.8. The number of carbonyl (C=O) groups excluding carboxylic acids is 3. The van der Waals surface area contributed by atoms with Gasteiger partial charge in [-0.15, -0.1) is 0 Å². The van der Waals surface area contributed by atoms with Crippen LogP contribution in [0.15, 0.2) is 0 Å². The molecule has 8 heteroatoms. The molecular formula is C56H108N2O5S. The van der Waals surface area contributed by atoms with Gasteiger partial charge in [-0.1, -0.05) is 213 Å². The number of likely N-dealkylation sites (tertiary alicyclic amines) is 1. The van der Waals surface area contributed by atoms with Crippen LogP contribution in [0.2, 0.25) is 0 Å². The number of piperidine rings is 1. The minimum Gasteiger partial charge on any atom is -0.466 e. The molecule has 1 heterocycles. The maximum atomic E-state index is 13.4. The second-order valence-corrected chi connectivity index (χ2v) is 20.9. The zero-order chi connectivity index (χ0) is 46.4. The number of rotatable bonds is 47. The van der Waals surface area contributed by atoms with Gasteiger partial charge in [0.25, 0.3) is 5.24 Å². The van der Waals surface area contributed by atoms with Gasteiger partial charge in [0, 0.05) is 38.2 Å². The lowest BCUT2D eigenvalue weighted by molar-refractivity contribution is -0.144. The van der Waals surface area contributed by atoms with Crippen molar-refractivity contribution in [2.45, 2.75) is 278 Å². The summed E-state index contributed by atoms with van der Waals surface area (Å²) < 4.78 is 11.3. The van der Waals surface area contributed by atoms with Crippen LogP contribution >= 0.6 is 11.8 Å². The van der Waals surface area contributed by atoms with E-state index < -0.39 is 0 Å². The number of esters is 2. The molecule has 64 heavy (non-hydrogen) atoms. The second-order valence-electron chi connectivity index (χ2n) is 19.9. The Morgan fingerprint density at radius 1 is 0.453 bits per heavy atom. The van der Waals surface area contributed by atoms with Gasteiger partial charge < -0.3 is 19.3 Å². The smallest absolute Gasteiger partial charge is 0.305 e. The number of thioether (sulfide) groups is 1. The molecule has 0 atom stereocenters. The quantitative estimate of drug-likeness (QED) is 0.0444. The van der Waals surface area contributed by atoms with Gasteiger partial charge in [0.1, 0.15) is 0 Å². The molecule has 0 aliphatic carbocycles. The van der Waals surface area contributed by atoms with Crippen molar-refractivity contribution in [1.29, 1.82) is 0 Å². The molecule has 0 aromatic rings. The Morgan fingerprint density at radius 2 is 0.812 bits per heavy atom. The Labute approximate surface area is 402 Å². The molecule has 1 fully saturated rings. The summed E-state index contributed by atoms with van der Waals surface area (Å²) in [4.78, 5) is 43.0. The standard InChI is InChI=1S/C56H108N2O5S/c1-5-9-13-24-36-52(37-25-14-10-6-2)40-34-49-62-54(59)42-28-19-17-21-32-46-58(56(61)64-51-48-57-44-30-23-31-45-57)47-33-22-18-20-29-43-55(60)63-50-35-41-53(38-26-15-11-7-3)39-27-16-12-8-4/h52-53H,5-51H2,1-4H3. The average molecular weight is 922 g/mol. The van der Waals surface area contributed by atoms with Crippen molar-refractivity contribution in [2.75, 3.05) is 51.7 Å². The zero-order valence-corrected chi connectivity index (χ0v) is 44.0. The number of nitrogens with zero attached hydrogens (tertiary/aromatic N) is 2. The van der Waals surface area contributed by atoms with Gasteiger partial charge in [0.15, 0.2) is 0 Å². The Kier molecular flexibility index (Phi) is 44.4. The summed E-state index contributed by atoms with van der Waals surface area (Å²) in [6, 6.07) is 0. The van der Waals surface area contributed by atoms with E-state index in [-0.39, 0.29) is 17.2 Å². The zero-order valence-electron chi connectivity index (χ0n) is 43.2. The fourth-order valence-electron chi connectivity index (χ4n) is 9.60. The van der Waals surface area contributed by atoms with Crippen LogP contribution in [-0.4, -0.2) is 78.7 Å². The van der Waals surface area contributed by atoms with E-state index >= 15 is 0 Å². The number of hydrogen-bond donors (Lipinski definition) is 0. The van der Waals surface area contributed by atoms with Crippen LogP contribution < -0.4 is 0 Å². The largest absolute Gasteiger partial charge is 0.466 e. The first kappa shape index (κ1) is 60.7. The second kappa shape index (κ2) is 46.8. The van der Waals surface area contributed by atoms with Crippen molar-refractivity contribution >= 4 is 28.9 Å². The fraction of sp³-hybridized carbons (Fsp3) is 0.946. The highest BCUT2D eigenvalue weighted by molar-refractivity contribution is 8.13. The summed E-state index contributed by atoms with van der Waals surface area (Å²) in [6.07, 6.45) is 46.3. The van der Waals surface area contributed by atoms with Crippen molar-refractivity contribution in [3.8, 4) is 0 Å². The number of ether oxygens (including phenoxy) is 2. The fourth-order valence-corrected chi connectivity index (χ4v) is 10.5. The number of hydrogen-bond acceptors (Lipinski definition) is 7. The van der Waals surface area contributed by atoms with Crippen LogP contribution in [0.1, 0.15) is 278 Å². The first-order valence-corrected chi connectivity index (χ1v) is 29.4. The molecule has 0 aromatic carbocycles. The van der Waals surface area contributed by atoms with Gasteiger partial charge in [-0.3, -0.25) is 14.4 Å². The number of carbonyl (C=O) groups is 3. The summed E-state index contributed by atoms with van der Waals surface area (Å²) in [7, 11) is 0. The molecule has 0 N–H and O–H groups in total. The summed E-state index contributed by atoms with van der Waals surface area (Å²) in [5.74, 6) is 2.39. The normalized spacial score (nSPS) is 13.3. The SMILES string of the molecule is CCCCCCC(CCCCCC)CCCOC(=O)CCCCCCCN(CCCCCCCC(=O)OCCCC(CCCCCC)CCCCCC)C(=O)SCCN1CCCCC1.